The number of hydrogen-bond acceptors (Lipinski definition) is 5. The summed E-state index contributed by atoms with van der Waals surface area (Å²) in [6.07, 6.45) is 3.34. The van der Waals surface area contributed by atoms with E-state index in [1.807, 2.05) is 53.9 Å². The quantitative estimate of drug-likeness (QED) is 0.329. The van der Waals surface area contributed by atoms with Crippen LogP contribution >= 0.6 is 11.3 Å². The number of amides is 1. The first-order chi connectivity index (χ1) is 14.2. The Kier molecular flexibility index (Phi) is 7.03. The van der Waals surface area contributed by atoms with E-state index in [1.54, 1.807) is 12.0 Å². The molecule has 0 aliphatic heterocycles. The fourth-order valence-corrected chi connectivity index (χ4v) is 3.59. The third kappa shape index (κ3) is 5.03. The topological polar surface area (TPSA) is 51.7 Å². The minimum Gasteiger partial charge on any atom is -0.497 e. The molecule has 29 heavy (non-hydrogen) atoms. The molecular formula is C23H24N2O3S. The maximum atomic E-state index is 12.6. The van der Waals surface area contributed by atoms with Gasteiger partial charge < -0.3 is 9.47 Å². The number of nitrogens with zero attached hydrogens (tertiary/aromatic N) is 2. The maximum Gasteiger partial charge on any atom is 0.256 e. The summed E-state index contributed by atoms with van der Waals surface area (Å²) >= 11 is 1.40. The van der Waals surface area contributed by atoms with Gasteiger partial charge in [0.2, 0.25) is 0 Å². The molecule has 1 amide bonds. The molecule has 2 aromatic carbocycles. The number of anilines is 2. The van der Waals surface area contributed by atoms with Crippen molar-refractivity contribution >= 4 is 28.1 Å². The highest BCUT2D eigenvalue weighted by Crippen LogP contribution is 2.34. The maximum absolute atomic E-state index is 12.6. The predicted octanol–water partition coefficient (Wildman–Crippen LogP) is 5.85. The van der Waals surface area contributed by atoms with Gasteiger partial charge in [0, 0.05) is 17.0 Å². The zero-order valence-electron chi connectivity index (χ0n) is 16.6. The summed E-state index contributed by atoms with van der Waals surface area (Å²) in [7, 11) is 1.63. The molecule has 0 saturated heterocycles. The highest BCUT2D eigenvalue weighted by molar-refractivity contribution is 7.14. The average Bonchev–Trinajstić information content (AvgIpc) is 3.24. The van der Waals surface area contributed by atoms with Crippen molar-refractivity contribution in [2.24, 2.45) is 0 Å². The molecule has 0 fully saturated rings. The molecule has 0 aliphatic rings. The summed E-state index contributed by atoms with van der Waals surface area (Å²) in [5.74, 6) is 1.27. The van der Waals surface area contributed by atoms with Gasteiger partial charge in [-0.25, -0.2) is 4.98 Å². The lowest BCUT2D eigenvalue weighted by Gasteiger charge is -2.19. The van der Waals surface area contributed by atoms with E-state index < -0.39 is 0 Å². The summed E-state index contributed by atoms with van der Waals surface area (Å²) in [5, 5.41) is 2.51. The van der Waals surface area contributed by atoms with E-state index in [0.29, 0.717) is 17.4 Å². The molecule has 3 aromatic rings. The van der Waals surface area contributed by atoms with Crippen LogP contribution in [0.25, 0.3) is 11.3 Å². The van der Waals surface area contributed by atoms with E-state index >= 15 is 0 Å². The Hall–Kier alpha value is -3.12. The van der Waals surface area contributed by atoms with Crippen LogP contribution in [0.2, 0.25) is 0 Å². The van der Waals surface area contributed by atoms with Crippen molar-refractivity contribution in [3.05, 3.63) is 66.6 Å². The van der Waals surface area contributed by atoms with Crippen LogP contribution in [0.1, 0.15) is 19.8 Å². The van der Waals surface area contributed by atoms with Gasteiger partial charge in [0.05, 0.1) is 25.1 Å². The third-order valence-electron chi connectivity index (χ3n) is 4.31. The Morgan fingerprint density at radius 2 is 2.00 bits per heavy atom. The van der Waals surface area contributed by atoms with Gasteiger partial charge in [0.1, 0.15) is 11.5 Å². The van der Waals surface area contributed by atoms with Gasteiger partial charge in [-0.05, 0) is 48.9 Å². The van der Waals surface area contributed by atoms with E-state index in [4.69, 9.17) is 9.47 Å². The van der Waals surface area contributed by atoms with Crippen LogP contribution in [0.5, 0.6) is 11.5 Å². The molecule has 0 radical (unpaired) electrons. The molecular weight excluding hydrogens is 384 g/mol. The number of carbonyl (C=O) groups is 1. The zero-order chi connectivity index (χ0) is 20.6. The van der Waals surface area contributed by atoms with E-state index in [-0.39, 0.29) is 5.91 Å². The normalized spacial score (nSPS) is 10.4. The minimum absolute atomic E-state index is 0.244. The van der Waals surface area contributed by atoms with Crippen molar-refractivity contribution in [1.29, 1.82) is 0 Å². The van der Waals surface area contributed by atoms with Gasteiger partial charge in [-0.1, -0.05) is 26.0 Å². The number of benzene rings is 2. The summed E-state index contributed by atoms with van der Waals surface area (Å²) in [5.41, 5.74) is 2.44. The number of carbonyl (C=O) groups excluding carboxylic acids is 1. The molecule has 3 rings (SSSR count). The number of rotatable bonds is 9. The van der Waals surface area contributed by atoms with Gasteiger partial charge in [-0.15, -0.1) is 11.3 Å². The van der Waals surface area contributed by atoms with Crippen molar-refractivity contribution in [2.75, 3.05) is 18.6 Å². The number of thiazole rings is 1. The van der Waals surface area contributed by atoms with E-state index in [2.05, 4.69) is 18.5 Å². The number of methoxy groups -OCH3 is 1. The van der Waals surface area contributed by atoms with Crippen LogP contribution in [0.4, 0.5) is 10.8 Å². The van der Waals surface area contributed by atoms with Crippen LogP contribution in [0.15, 0.2) is 66.6 Å². The Morgan fingerprint density at radius 1 is 1.21 bits per heavy atom. The second-order valence-corrected chi connectivity index (χ2v) is 7.16. The highest BCUT2D eigenvalue weighted by atomic mass is 32.1. The number of unbranched alkanes of at least 4 members (excludes halogenated alkanes) is 1. The van der Waals surface area contributed by atoms with Gasteiger partial charge in [-0.3, -0.25) is 9.69 Å². The van der Waals surface area contributed by atoms with E-state index in [0.717, 1.165) is 35.6 Å². The second kappa shape index (κ2) is 9.89. The summed E-state index contributed by atoms with van der Waals surface area (Å²) in [4.78, 5) is 18.9. The highest BCUT2D eigenvalue weighted by Gasteiger charge is 2.20. The van der Waals surface area contributed by atoms with Crippen LogP contribution in [0, 0.1) is 0 Å². The lowest BCUT2D eigenvalue weighted by molar-refractivity contribution is -0.113. The number of hydrogen-bond donors (Lipinski definition) is 0. The van der Waals surface area contributed by atoms with E-state index in [1.165, 1.54) is 17.4 Å². The Labute approximate surface area is 175 Å². The molecule has 0 aliphatic carbocycles. The third-order valence-corrected chi connectivity index (χ3v) is 5.13. The fourth-order valence-electron chi connectivity index (χ4n) is 2.73. The minimum atomic E-state index is -0.244. The molecule has 1 heterocycles. The monoisotopic (exact) mass is 408 g/mol. The summed E-state index contributed by atoms with van der Waals surface area (Å²) < 4.78 is 11.0. The Morgan fingerprint density at radius 3 is 2.69 bits per heavy atom. The van der Waals surface area contributed by atoms with Crippen LogP contribution in [0.3, 0.4) is 0 Å². The lowest BCUT2D eigenvalue weighted by atomic mass is 10.2. The van der Waals surface area contributed by atoms with Gasteiger partial charge in [0.15, 0.2) is 5.13 Å². The number of aromatic nitrogens is 1. The molecule has 0 spiro atoms. The molecule has 0 atom stereocenters. The molecule has 1 aromatic heterocycles. The molecule has 0 saturated carbocycles. The lowest BCUT2D eigenvalue weighted by Crippen LogP contribution is -2.23. The van der Waals surface area contributed by atoms with Crippen LogP contribution < -0.4 is 14.4 Å². The van der Waals surface area contributed by atoms with Gasteiger partial charge in [-0.2, -0.15) is 0 Å². The standard InChI is InChI=1S/C23H24N2O3S/c1-4-6-14-28-20-9-7-8-18(15-20)25(22(26)5-2)23-24-21(16-29-23)17-10-12-19(27-3)13-11-17/h5,7-13,15-16H,2,4,6,14H2,1,3H3. The first-order valence-electron chi connectivity index (χ1n) is 9.45. The summed E-state index contributed by atoms with van der Waals surface area (Å²) in [6, 6.07) is 15.1. The Balaban J connectivity index is 1.90. The number of ether oxygens (including phenoxy) is 2. The Bertz CT molecular complexity index is 966. The fraction of sp³-hybridized carbons (Fsp3) is 0.217. The molecule has 0 N–H and O–H groups in total. The molecule has 6 heteroatoms. The first-order valence-corrected chi connectivity index (χ1v) is 10.3. The van der Waals surface area contributed by atoms with Gasteiger partial charge >= 0.3 is 0 Å². The van der Waals surface area contributed by atoms with Crippen LogP contribution in [-0.2, 0) is 4.79 Å². The molecule has 0 unspecified atom stereocenters. The molecule has 5 nitrogen and oxygen atoms in total. The van der Waals surface area contributed by atoms with Crippen molar-refractivity contribution in [1.82, 2.24) is 4.98 Å². The largest absolute Gasteiger partial charge is 0.497 e. The van der Waals surface area contributed by atoms with Crippen molar-refractivity contribution < 1.29 is 14.3 Å². The predicted molar refractivity (Wildman–Crippen MR) is 118 cm³/mol. The van der Waals surface area contributed by atoms with Gasteiger partial charge in [0.25, 0.3) is 5.91 Å². The zero-order valence-corrected chi connectivity index (χ0v) is 17.4. The average molecular weight is 409 g/mol. The first kappa shape index (κ1) is 20.6. The van der Waals surface area contributed by atoms with Crippen molar-refractivity contribution in [3.8, 4) is 22.8 Å². The smallest absolute Gasteiger partial charge is 0.256 e. The molecule has 0 bridgehead atoms. The summed E-state index contributed by atoms with van der Waals surface area (Å²) in [6.45, 7) is 6.41. The SMILES string of the molecule is C=CC(=O)N(c1cccc(OCCCC)c1)c1nc(-c2ccc(OC)cc2)cs1. The van der Waals surface area contributed by atoms with Crippen molar-refractivity contribution in [2.45, 2.75) is 19.8 Å². The van der Waals surface area contributed by atoms with Crippen LogP contribution in [-0.4, -0.2) is 24.6 Å². The second-order valence-electron chi connectivity index (χ2n) is 6.32. The van der Waals surface area contributed by atoms with Crippen molar-refractivity contribution in [3.63, 3.8) is 0 Å². The van der Waals surface area contributed by atoms with E-state index in [9.17, 15) is 4.79 Å². The molecule has 150 valence electrons.